The fourth-order valence-corrected chi connectivity index (χ4v) is 2.95. The minimum absolute atomic E-state index is 0.145. The average Bonchev–Trinajstić information content (AvgIpc) is 2.90. The van der Waals surface area contributed by atoms with Crippen LogP contribution in [0, 0.1) is 13.8 Å². The first kappa shape index (κ1) is 17.6. The number of hydrogen-bond acceptors (Lipinski definition) is 3. The van der Waals surface area contributed by atoms with Crippen molar-refractivity contribution in [2.24, 2.45) is 0 Å². The molecular formula is C21H21N3O2. The molecule has 0 spiro atoms. The summed E-state index contributed by atoms with van der Waals surface area (Å²) in [6.45, 7) is 5.29. The minimum Gasteiger partial charge on any atom is -0.326 e. The predicted molar refractivity (Wildman–Crippen MR) is 101 cm³/mol. The van der Waals surface area contributed by atoms with Gasteiger partial charge in [-0.2, -0.15) is 5.10 Å². The molecule has 0 unspecified atom stereocenters. The number of benzene rings is 2. The molecular weight excluding hydrogens is 326 g/mol. The number of carbonyl (C=O) groups is 2. The number of anilines is 1. The van der Waals surface area contributed by atoms with Crippen LogP contribution >= 0.6 is 0 Å². The van der Waals surface area contributed by atoms with Crippen LogP contribution < -0.4 is 5.32 Å². The smallest absolute Gasteiger partial charge is 0.278 e. The summed E-state index contributed by atoms with van der Waals surface area (Å²) in [6, 6.07) is 17.0. The van der Waals surface area contributed by atoms with Gasteiger partial charge in [-0.25, -0.2) is 4.68 Å². The Bertz CT molecular complexity index is 941. The highest BCUT2D eigenvalue weighted by atomic mass is 16.2. The van der Waals surface area contributed by atoms with Crippen molar-refractivity contribution in [3.63, 3.8) is 0 Å². The van der Waals surface area contributed by atoms with Gasteiger partial charge in [0, 0.05) is 35.9 Å². The lowest BCUT2D eigenvalue weighted by molar-refractivity contribution is -0.114. The summed E-state index contributed by atoms with van der Waals surface area (Å²) in [4.78, 5) is 23.9. The zero-order valence-corrected chi connectivity index (χ0v) is 15.1. The van der Waals surface area contributed by atoms with Crippen LogP contribution in [0.3, 0.4) is 0 Å². The predicted octanol–water partition coefficient (Wildman–Crippen LogP) is 3.74. The van der Waals surface area contributed by atoms with Gasteiger partial charge >= 0.3 is 0 Å². The molecule has 0 fully saturated rings. The van der Waals surface area contributed by atoms with Crippen molar-refractivity contribution in [3.05, 3.63) is 82.7 Å². The molecule has 0 aliphatic rings. The quantitative estimate of drug-likeness (QED) is 0.782. The van der Waals surface area contributed by atoms with E-state index in [2.05, 4.69) is 22.5 Å². The lowest BCUT2D eigenvalue weighted by Gasteiger charge is -2.06. The molecule has 132 valence electrons. The number of amides is 1. The Labute approximate surface area is 152 Å². The maximum atomic E-state index is 12.8. The molecule has 0 aliphatic carbocycles. The van der Waals surface area contributed by atoms with Crippen LogP contribution in [0.1, 0.15) is 39.8 Å². The highest BCUT2D eigenvalue weighted by molar-refractivity contribution is 5.97. The Morgan fingerprint density at radius 2 is 1.65 bits per heavy atom. The van der Waals surface area contributed by atoms with E-state index in [1.807, 2.05) is 32.0 Å². The fourth-order valence-electron chi connectivity index (χ4n) is 2.95. The third-order valence-corrected chi connectivity index (χ3v) is 4.31. The van der Waals surface area contributed by atoms with Crippen LogP contribution in [0.2, 0.25) is 0 Å². The molecule has 1 N–H and O–H groups in total. The van der Waals surface area contributed by atoms with Gasteiger partial charge in [-0.15, -0.1) is 0 Å². The van der Waals surface area contributed by atoms with Crippen LogP contribution in [-0.4, -0.2) is 21.6 Å². The topological polar surface area (TPSA) is 64.0 Å². The van der Waals surface area contributed by atoms with Crippen molar-refractivity contribution in [2.45, 2.75) is 27.2 Å². The van der Waals surface area contributed by atoms with E-state index in [4.69, 9.17) is 0 Å². The van der Waals surface area contributed by atoms with Crippen molar-refractivity contribution < 1.29 is 9.59 Å². The van der Waals surface area contributed by atoms with E-state index in [0.29, 0.717) is 11.3 Å². The molecule has 3 rings (SSSR count). The van der Waals surface area contributed by atoms with Gasteiger partial charge in [-0.3, -0.25) is 9.59 Å². The molecule has 0 radical (unpaired) electrons. The Balaban J connectivity index is 1.86. The van der Waals surface area contributed by atoms with Crippen LogP contribution in [0.25, 0.3) is 0 Å². The Hall–Kier alpha value is -3.21. The molecule has 0 bridgehead atoms. The number of hydrogen-bond donors (Lipinski definition) is 1. The Kier molecular flexibility index (Phi) is 4.98. The van der Waals surface area contributed by atoms with E-state index in [9.17, 15) is 9.59 Å². The first-order valence-corrected chi connectivity index (χ1v) is 8.47. The monoisotopic (exact) mass is 347 g/mol. The fraction of sp³-hybridized carbons (Fsp3) is 0.190. The number of aromatic nitrogens is 2. The van der Waals surface area contributed by atoms with Crippen LogP contribution in [0.15, 0.2) is 54.6 Å². The van der Waals surface area contributed by atoms with E-state index in [1.54, 1.807) is 24.3 Å². The van der Waals surface area contributed by atoms with Crippen molar-refractivity contribution in [1.29, 1.82) is 0 Å². The van der Waals surface area contributed by atoms with E-state index in [0.717, 1.165) is 23.4 Å². The van der Waals surface area contributed by atoms with Gasteiger partial charge in [0.05, 0.1) is 5.69 Å². The molecule has 0 atom stereocenters. The standard InChI is InChI=1S/C21H21N3O2/c1-14-20(13-17-7-5-4-6-8-17)15(2)24(23-14)21(26)18-9-11-19(12-10-18)22-16(3)25/h4-12H,13H2,1-3H3,(H,22,25). The van der Waals surface area contributed by atoms with Gasteiger partial charge in [0.15, 0.2) is 0 Å². The summed E-state index contributed by atoms with van der Waals surface area (Å²) in [5.74, 6) is -0.326. The van der Waals surface area contributed by atoms with Crippen molar-refractivity contribution in [3.8, 4) is 0 Å². The lowest BCUT2D eigenvalue weighted by Crippen LogP contribution is -2.15. The minimum atomic E-state index is -0.181. The van der Waals surface area contributed by atoms with Gasteiger partial charge in [0.1, 0.15) is 0 Å². The van der Waals surface area contributed by atoms with Crippen molar-refractivity contribution in [1.82, 2.24) is 9.78 Å². The largest absolute Gasteiger partial charge is 0.326 e. The van der Waals surface area contributed by atoms with Gasteiger partial charge in [0.25, 0.3) is 5.91 Å². The molecule has 5 nitrogen and oxygen atoms in total. The molecule has 1 aromatic heterocycles. The van der Waals surface area contributed by atoms with E-state index in [1.165, 1.54) is 17.2 Å². The van der Waals surface area contributed by atoms with E-state index in [-0.39, 0.29) is 11.8 Å². The average molecular weight is 347 g/mol. The number of nitrogens with one attached hydrogen (secondary N) is 1. The molecule has 3 aromatic rings. The highest BCUT2D eigenvalue weighted by Gasteiger charge is 2.18. The Morgan fingerprint density at radius 3 is 2.27 bits per heavy atom. The zero-order chi connectivity index (χ0) is 18.7. The van der Waals surface area contributed by atoms with E-state index < -0.39 is 0 Å². The number of carbonyl (C=O) groups excluding carboxylic acids is 2. The number of nitrogens with zero attached hydrogens (tertiary/aromatic N) is 2. The second kappa shape index (κ2) is 7.35. The molecule has 1 heterocycles. The van der Waals surface area contributed by atoms with Gasteiger partial charge in [-0.1, -0.05) is 30.3 Å². The summed E-state index contributed by atoms with van der Waals surface area (Å²) in [6.07, 6.45) is 0.743. The molecule has 5 heteroatoms. The maximum absolute atomic E-state index is 12.8. The second-order valence-corrected chi connectivity index (χ2v) is 6.29. The first-order valence-electron chi connectivity index (χ1n) is 8.47. The van der Waals surface area contributed by atoms with Crippen molar-refractivity contribution in [2.75, 3.05) is 5.32 Å². The summed E-state index contributed by atoms with van der Waals surface area (Å²) in [5.41, 5.74) is 5.14. The molecule has 26 heavy (non-hydrogen) atoms. The van der Waals surface area contributed by atoms with Crippen LogP contribution in [0.4, 0.5) is 5.69 Å². The van der Waals surface area contributed by atoms with Gasteiger partial charge in [0.2, 0.25) is 5.91 Å². The van der Waals surface area contributed by atoms with Crippen molar-refractivity contribution >= 4 is 17.5 Å². The number of aryl methyl sites for hydroxylation is 1. The molecule has 0 saturated carbocycles. The van der Waals surface area contributed by atoms with Crippen LogP contribution in [-0.2, 0) is 11.2 Å². The summed E-state index contributed by atoms with van der Waals surface area (Å²) < 4.78 is 1.46. The summed E-state index contributed by atoms with van der Waals surface area (Å²) in [7, 11) is 0. The first-order chi connectivity index (χ1) is 12.5. The van der Waals surface area contributed by atoms with Crippen LogP contribution in [0.5, 0.6) is 0 Å². The summed E-state index contributed by atoms with van der Waals surface area (Å²) >= 11 is 0. The zero-order valence-electron chi connectivity index (χ0n) is 15.1. The maximum Gasteiger partial charge on any atom is 0.278 e. The lowest BCUT2D eigenvalue weighted by atomic mass is 10.0. The van der Waals surface area contributed by atoms with Gasteiger partial charge < -0.3 is 5.32 Å². The molecule has 1 amide bonds. The Morgan fingerprint density at radius 1 is 1.00 bits per heavy atom. The molecule has 0 saturated heterocycles. The van der Waals surface area contributed by atoms with Gasteiger partial charge in [-0.05, 0) is 43.7 Å². The molecule has 2 aromatic carbocycles. The number of rotatable bonds is 4. The van der Waals surface area contributed by atoms with E-state index >= 15 is 0 Å². The third-order valence-electron chi connectivity index (χ3n) is 4.31. The SMILES string of the molecule is CC(=O)Nc1ccc(C(=O)n2nc(C)c(Cc3ccccc3)c2C)cc1. The summed E-state index contributed by atoms with van der Waals surface area (Å²) in [5, 5.41) is 7.14. The molecule has 0 aliphatic heterocycles. The second-order valence-electron chi connectivity index (χ2n) is 6.29. The highest BCUT2D eigenvalue weighted by Crippen LogP contribution is 2.19. The third kappa shape index (κ3) is 3.72. The normalized spacial score (nSPS) is 10.6.